The van der Waals surface area contributed by atoms with E-state index >= 15 is 0 Å². The fourth-order valence-electron chi connectivity index (χ4n) is 3.38. The molecule has 0 N–H and O–H groups in total. The van der Waals surface area contributed by atoms with E-state index in [1.807, 2.05) is 0 Å². The summed E-state index contributed by atoms with van der Waals surface area (Å²) in [5.41, 5.74) is 0.219. The molecule has 0 unspecified atom stereocenters. The zero-order valence-corrected chi connectivity index (χ0v) is 17.5. The normalized spacial score (nSPS) is 15.6. The van der Waals surface area contributed by atoms with Gasteiger partial charge in [0.15, 0.2) is 5.82 Å². The molecule has 0 bridgehead atoms. The van der Waals surface area contributed by atoms with Crippen LogP contribution in [0.5, 0.6) is 5.88 Å². The van der Waals surface area contributed by atoms with Crippen LogP contribution in [-0.2, 0) is 10.0 Å². The smallest absolute Gasteiger partial charge is 0.270 e. The molecule has 31 heavy (non-hydrogen) atoms. The second kappa shape index (κ2) is 8.40. The molecule has 11 nitrogen and oxygen atoms in total. The van der Waals surface area contributed by atoms with E-state index in [1.165, 1.54) is 16.4 Å². The van der Waals surface area contributed by atoms with E-state index in [0.29, 0.717) is 30.1 Å². The van der Waals surface area contributed by atoms with Crippen molar-refractivity contribution in [3.8, 4) is 11.7 Å². The monoisotopic (exact) mass is 444 g/mol. The number of piperidine rings is 1. The van der Waals surface area contributed by atoms with E-state index in [9.17, 15) is 18.5 Å². The summed E-state index contributed by atoms with van der Waals surface area (Å²) in [5.74, 6) is 0.914. The molecule has 1 aromatic carbocycles. The maximum Gasteiger partial charge on any atom is 0.270 e. The third-order valence-corrected chi connectivity index (χ3v) is 7.09. The van der Waals surface area contributed by atoms with Crippen LogP contribution in [0.3, 0.4) is 0 Å². The Morgan fingerprint density at radius 2 is 1.94 bits per heavy atom. The zero-order chi connectivity index (χ0) is 22.0. The third kappa shape index (κ3) is 4.39. The summed E-state index contributed by atoms with van der Waals surface area (Å²) in [6.45, 7) is 2.11. The summed E-state index contributed by atoms with van der Waals surface area (Å²) in [7, 11) is -3.84. The molecular weight excluding hydrogens is 424 g/mol. The number of hydrogen-bond donors (Lipinski definition) is 0. The minimum atomic E-state index is -3.84. The number of benzene rings is 1. The maximum absolute atomic E-state index is 13.0. The van der Waals surface area contributed by atoms with Crippen LogP contribution in [0.2, 0.25) is 0 Å². The van der Waals surface area contributed by atoms with Crippen molar-refractivity contribution in [2.24, 2.45) is 0 Å². The van der Waals surface area contributed by atoms with Gasteiger partial charge >= 0.3 is 0 Å². The summed E-state index contributed by atoms with van der Waals surface area (Å²) < 4.78 is 34.8. The summed E-state index contributed by atoms with van der Waals surface area (Å²) in [6.07, 6.45) is 4.13. The number of sulfonamides is 1. The van der Waals surface area contributed by atoms with Gasteiger partial charge in [0.05, 0.1) is 9.82 Å². The van der Waals surface area contributed by atoms with Gasteiger partial charge in [-0.2, -0.15) is 9.40 Å². The lowest BCUT2D eigenvalue weighted by molar-refractivity contribution is -0.385. The first kappa shape index (κ1) is 20.9. The topological polar surface area (TPSA) is 133 Å². The molecule has 0 amide bonds. The number of nitro benzene ring substituents is 1. The predicted molar refractivity (Wildman–Crippen MR) is 109 cm³/mol. The second-order valence-corrected chi connectivity index (χ2v) is 9.01. The Hall–Kier alpha value is -3.38. The molecule has 3 aromatic rings. The number of nitro groups is 1. The van der Waals surface area contributed by atoms with Gasteiger partial charge in [0.1, 0.15) is 6.10 Å². The lowest BCUT2D eigenvalue weighted by atomic mass is 10.1. The fourth-order valence-corrected chi connectivity index (χ4v) is 5.10. The lowest BCUT2D eigenvalue weighted by Gasteiger charge is -2.31. The van der Waals surface area contributed by atoms with Crippen molar-refractivity contribution >= 4 is 15.7 Å². The second-order valence-electron chi connectivity index (χ2n) is 7.11. The predicted octanol–water partition coefficient (Wildman–Crippen LogP) is 2.11. The first-order chi connectivity index (χ1) is 14.8. The Morgan fingerprint density at radius 1 is 1.16 bits per heavy atom. The van der Waals surface area contributed by atoms with Crippen LogP contribution in [0.25, 0.3) is 5.82 Å². The molecule has 1 aliphatic rings. The van der Waals surface area contributed by atoms with Gasteiger partial charge in [-0.05, 0) is 37.5 Å². The third-order valence-electron chi connectivity index (χ3n) is 5.05. The van der Waals surface area contributed by atoms with Crippen molar-refractivity contribution in [3.63, 3.8) is 0 Å². The molecule has 1 saturated heterocycles. The van der Waals surface area contributed by atoms with Gasteiger partial charge in [-0.15, -0.1) is 10.2 Å². The summed E-state index contributed by atoms with van der Waals surface area (Å²) in [4.78, 5) is 10.4. The first-order valence-corrected chi connectivity index (χ1v) is 11.0. The van der Waals surface area contributed by atoms with Crippen molar-refractivity contribution in [2.75, 3.05) is 13.1 Å². The molecule has 0 saturated carbocycles. The molecule has 162 valence electrons. The van der Waals surface area contributed by atoms with Crippen molar-refractivity contribution in [3.05, 3.63) is 64.5 Å². The Labute approximate surface area is 178 Å². The Bertz CT molecular complexity index is 1170. The average Bonchev–Trinajstić information content (AvgIpc) is 3.29. The highest BCUT2D eigenvalue weighted by molar-refractivity contribution is 7.89. The molecule has 4 rings (SSSR count). The molecule has 2 aromatic heterocycles. The number of hydrogen-bond acceptors (Lipinski definition) is 8. The lowest BCUT2D eigenvalue weighted by Crippen LogP contribution is -2.42. The minimum Gasteiger partial charge on any atom is -0.473 e. The molecule has 0 spiro atoms. The van der Waals surface area contributed by atoms with Crippen molar-refractivity contribution < 1.29 is 18.1 Å². The fraction of sp³-hybridized carbons (Fsp3) is 0.316. The van der Waals surface area contributed by atoms with Crippen molar-refractivity contribution in [1.29, 1.82) is 0 Å². The number of aryl methyl sites for hydroxylation is 1. The highest BCUT2D eigenvalue weighted by atomic mass is 32.2. The molecule has 0 aliphatic carbocycles. The molecule has 0 radical (unpaired) electrons. The van der Waals surface area contributed by atoms with Crippen LogP contribution in [0, 0.1) is 17.0 Å². The highest BCUT2D eigenvalue weighted by Gasteiger charge is 2.32. The van der Waals surface area contributed by atoms with E-state index in [1.54, 1.807) is 42.2 Å². The summed E-state index contributed by atoms with van der Waals surface area (Å²) in [5, 5.41) is 23.2. The number of ether oxygens (including phenoxy) is 1. The standard InChI is InChI=1S/C19H20N6O5S/c1-14-3-4-15(25(26)27)13-17(14)31(28,29)23-11-7-16(8-12-23)30-19-6-5-18(21-22-19)24-10-2-9-20-24/h2-6,9-10,13,16H,7-8,11-12H2,1H3. The summed E-state index contributed by atoms with van der Waals surface area (Å²) >= 11 is 0. The SMILES string of the molecule is Cc1ccc([N+](=O)[O-])cc1S(=O)(=O)N1CCC(Oc2ccc(-n3cccn3)nn2)CC1. The zero-order valence-electron chi connectivity index (χ0n) is 16.7. The molecule has 1 fully saturated rings. The van der Waals surface area contributed by atoms with E-state index in [2.05, 4.69) is 15.3 Å². The molecule has 12 heteroatoms. The van der Waals surface area contributed by atoms with Crippen molar-refractivity contribution in [2.45, 2.75) is 30.8 Å². The van der Waals surface area contributed by atoms with E-state index in [4.69, 9.17) is 4.74 Å². The maximum atomic E-state index is 13.0. The Balaban J connectivity index is 1.40. The molecular formula is C19H20N6O5S. The van der Waals surface area contributed by atoms with Gasteiger partial charge in [-0.3, -0.25) is 10.1 Å². The number of rotatable bonds is 6. The van der Waals surface area contributed by atoms with Gasteiger partial charge in [-0.1, -0.05) is 6.07 Å². The van der Waals surface area contributed by atoms with Gasteiger partial charge < -0.3 is 4.74 Å². The number of aromatic nitrogens is 4. The Morgan fingerprint density at radius 3 is 2.55 bits per heavy atom. The van der Waals surface area contributed by atoms with Crippen molar-refractivity contribution in [1.82, 2.24) is 24.3 Å². The van der Waals surface area contributed by atoms with Gasteiger partial charge in [0.2, 0.25) is 15.9 Å². The van der Waals surface area contributed by atoms with Crippen LogP contribution in [0.15, 0.2) is 53.7 Å². The van der Waals surface area contributed by atoms with Gasteiger partial charge in [0, 0.05) is 43.7 Å². The molecule has 0 atom stereocenters. The van der Waals surface area contributed by atoms with E-state index < -0.39 is 14.9 Å². The highest BCUT2D eigenvalue weighted by Crippen LogP contribution is 2.27. The van der Waals surface area contributed by atoms with Crippen LogP contribution in [0.4, 0.5) is 5.69 Å². The van der Waals surface area contributed by atoms with Crippen LogP contribution < -0.4 is 4.74 Å². The first-order valence-electron chi connectivity index (χ1n) is 9.60. The average molecular weight is 444 g/mol. The van der Waals surface area contributed by atoms with E-state index in [0.717, 1.165) is 6.07 Å². The van der Waals surface area contributed by atoms with Crippen LogP contribution in [-0.4, -0.2) is 56.8 Å². The van der Waals surface area contributed by atoms with Crippen LogP contribution in [0.1, 0.15) is 18.4 Å². The minimum absolute atomic E-state index is 0.0406. The number of non-ortho nitro benzene ring substituents is 1. The van der Waals surface area contributed by atoms with Gasteiger partial charge in [-0.25, -0.2) is 13.1 Å². The summed E-state index contributed by atoms with van der Waals surface area (Å²) in [6, 6.07) is 9.08. The van der Waals surface area contributed by atoms with E-state index in [-0.39, 0.29) is 29.8 Å². The molecule has 3 heterocycles. The Kier molecular flexibility index (Phi) is 5.65. The van der Waals surface area contributed by atoms with Gasteiger partial charge in [0.25, 0.3) is 5.69 Å². The molecule has 1 aliphatic heterocycles. The largest absolute Gasteiger partial charge is 0.473 e. The number of nitrogens with zero attached hydrogens (tertiary/aromatic N) is 6. The van der Waals surface area contributed by atoms with Crippen LogP contribution >= 0.6 is 0 Å². The quantitative estimate of drug-likeness (QED) is 0.417.